The molecule has 0 unspecified atom stereocenters. The Balaban J connectivity index is 1.13. The van der Waals surface area contributed by atoms with Gasteiger partial charge in [-0.1, -0.05) is 164 Å². The van der Waals surface area contributed by atoms with Crippen molar-refractivity contribution < 1.29 is 0 Å². The van der Waals surface area contributed by atoms with Gasteiger partial charge >= 0.3 is 0 Å². The second-order valence-electron chi connectivity index (χ2n) is 12.9. The Kier molecular flexibility index (Phi) is 6.53. The third-order valence-corrected chi connectivity index (χ3v) is 10.1. The molecule has 0 bridgehead atoms. The lowest BCUT2D eigenvalue weighted by Gasteiger charge is -2.16. The third kappa shape index (κ3) is 4.65. The number of rotatable bonds is 4. The number of benzene rings is 8. The molecule has 2 nitrogen and oxygen atoms in total. The van der Waals surface area contributed by atoms with Crippen LogP contribution in [0.25, 0.3) is 98.9 Å². The Morgan fingerprint density at radius 2 is 0.720 bits per heavy atom. The van der Waals surface area contributed by atoms with Gasteiger partial charge in [0.15, 0.2) is 0 Å². The molecule has 0 fully saturated rings. The van der Waals surface area contributed by atoms with Gasteiger partial charge < -0.3 is 0 Å². The summed E-state index contributed by atoms with van der Waals surface area (Å²) in [6.45, 7) is 0. The molecule has 0 N–H and O–H groups in total. The Bertz CT molecular complexity index is 2920. The van der Waals surface area contributed by atoms with Crippen LogP contribution in [0.2, 0.25) is 0 Å². The van der Waals surface area contributed by atoms with Gasteiger partial charge in [-0.25, -0.2) is 9.97 Å². The molecule has 10 rings (SSSR count). The van der Waals surface area contributed by atoms with Crippen LogP contribution < -0.4 is 0 Å². The van der Waals surface area contributed by atoms with Crippen LogP contribution in [0.3, 0.4) is 0 Å². The first kappa shape index (κ1) is 28.4. The fourth-order valence-corrected chi connectivity index (χ4v) is 7.59. The molecular formula is C48H30N2. The first-order valence-corrected chi connectivity index (χ1v) is 17.1. The van der Waals surface area contributed by atoms with Gasteiger partial charge in [0.1, 0.15) is 0 Å². The molecular weight excluding hydrogens is 605 g/mol. The van der Waals surface area contributed by atoms with E-state index in [1.165, 1.54) is 54.6 Å². The number of hydrogen-bond acceptors (Lipinski definition) is 2. The van der Waals surface area contributed by atoms with Gasteiger partial charge in [-0.15, -0.1) is 0 Å². The smallest absolute Gasteiger partial charge is 0.0972 e. The summed E-state index contributed by atoms with van der Waals surface area (Å²) in [5.74, 6) is 0. The van der Waals surface area contributed by atoms with E-state index in [0.29, 0.717) is 0 Å². The van der Waals surface area contributed by atoms with Gasteiger partial charge in [-0.2, -0.15) is 0 Å². The molecule has 0 atom stereocenters. The molecule has 8 aromatic carbocycles. The molecule has 0 saturated heterocycles. The minimum Gasteiger partial charge on any atom is -0.245 e. The summed E-state index contributed by atoms with van der Waals surface area (Å²) < 4.78 is 0. The van der Waals surface area contributed by atoms with E-state index in [9.17, 15) is 0 Å². The first-order chi connectivity index (χ1) is 24.8. The fraction of sp³-hybridized carbons (Fsp3) is 0. The van der Waals surface area contributed by atoms with Crippen LogP contribution >= 0.6 is 0 Å². The van der Waals surface area contributed by atoms with Crippen LogP contribution in [0.15, 0.2) is 182 Å². The van der Waals surface area contributed by atoms with Crippen molar-refractivity contribution in [1.82, 2.24) is 9.97 Å². The molecule has 0 amide bonds. The summed E-state index contributed by atoms with van der Waals surface area (Å²) in [4.78, 5) is 10.4. The van der Waals surface area contributed by atoms with Crippen molar-refractivity contribution in [3.8, 4) is 44.8 Å². The molecule has 2 heterocycles. The zero-order valence-electron chi connectivity index (χ0n) is 27.2. The number of fused-ring (bicyclic) bond motifs is 6. The van der Waals surface area contributed by atoms with Crippen molar-refractivity contribution in [3.05, 3.63) is 182 Å². The van der Waals surface area contributed by atoms with E-state index in [0.717, 1.165) is 44.3 Å². The van der Waals surface area contributed by atoms with Crippen LogP contribution in [0, 0.1) is 0 Å². The van der Waals surface area contributed by atoms with Gasteiger partial charge in [0.2, 0.25) is 0 Å². The van der Waals surface area contributed by atoms with E-state index < -0.39 is 0 Å². The minimum absolute atomic E-state index is 0.918. The monoisotopic (exact) mass is 634 g/mol. The molecule has 2 aromatic heterocycles. The predicted molar refractivity (Wildman–Crippen MR) is 211 cm³/mol. The third-order valence-electron chi connectivity index (χ3n) is 10.1. The summed E-state index contributed by atoms with van der Waals surface area (Å²) in [7, 11) is 0. The molecule has 0 radical (unpaired) electrons. The molecule has 0 aliphatic rings. The molecule has 0 aliphatic heterocycles. The quantitative estimate of drug-likeness (QED) is 0.180. The van der Waals surface area contributed by atoms with Gasteiger partial charge in [-0.3, -0.25) is 0 Å². The Morgan fingerprint density at radius 3 is 1.40 bits per heavy atom. The highest BCUT2D eigenvalue weighted by molar-refractivity contribution is 6.13. The van der Waals surface area contributed by atoms with E-state index in [1.54, 1.807) is 0 Å². The number of nitrogens with zero attached hydrogens (tertiary/aromatic N) is 2. The lowest BCUT2D eigenvalue weighted by atomic mass is 9.88. The number of hydrogen-bond donors (Lipinski definition) is 0. The first-order valence-electron chi connectivity index (χ1n) is 17.1. The zero-order chi connectivity index (χ0) is 33.0. The highest BCUT2D eigenvalue weighted by Crippen LogP contribution is 2.41. The van der Waals surface area contributed by atoms with E-state index in [-0.39, 0.29) is 0 Å². The molecule has 10 aromatic rings. The maximum absolute atomic E-state index is 5.32. The van der Waals surface area contributed by atoms with Crippen molar-refractivity contribution in [2.75, 3.05) is 0 Å². The summed E-state index contributed by atoms with van der Waals surface area (Å²) in [6, 6.07) is 65.2. The Labute approximate surface area is 290 Å². The summed E-state index contributed by atoms with van der Waals surface area (Å²) >= 11 is 0. The number of aromatic nitrogens is 2. The normalized spacial score (nSPS) is 11.6. The van der Waals surface area contributed by atoms with Gasteiger partial charge in [0.25, 0.3) is 0 Å². The van der Waals surface area contributed by atoms with Crippen LogP contribution in [-0.2, 0) is 0 Å². The van der Waals surface area contributed by atoms with E-state index in [4.69, 9.17) is 9.97 Å². The standard InChI is InChI=1S/C48H30N2/c1-2-11-32(12-3-1)45-28-22-33-19-20-34-23-29-46(50-48(34)47(33)49-45)44-27-26-43(40-16-8-9-17-41(40)44)42-25-24-37(38-14-6-7-15-39(38)42)36-21-18-31-10-4-5-13-35(31)30-36/h1-30H. The zero-order valence-corrected chi connectivity index (χ0v) is 27.2. The fourth-order valence-electron chi connectivity index (χ4n) is 7.59. The van der Waals surface area contributed by atoms with E-state index in [1.807, 2.05) is 6.07 Å². The Morgan fingerprint density at radius 1 is 0.260 bits per heavy atom. The van der Waals surface area contributed by atoms with Crippen LogP contribution in [0.4, 0.5) is 0 Å². The SMILES string of the molecule is c1ccc(-c2ccc3ccc4ccc(-c5ccc(-c6ccc(-c7ccc8ccccc8c7)c7ccccc67)c6ccccc56)nc4c3n2)cc1. The average Bonchev–Trinajstić information content (AvgIpc) is 3.20. The summed E-state index contributed by atoms with van der Waals surface area (Å²) in [5, 5.41) is 9.55. The highest BCUT2D eigenvalue weighted by atomic mass is 14.8. The molecule has 0 spiro atoms. The lowest BCUT2D eigenvalue weighted by Crippen LogP contribution is -1.92. The van der Waals surface area contributed by atoms with Crippen molar-refractivity contribution in [2.45, 2.75) is 0 Å². The molecule has 0 saturated carbocycles. The summed E-state index contributed by atoms with van der Waals surface area (Å²) in [5.41, 5.74) is 10.9. The van der Waals surface area contributed by atoms with Crippen molar-refractivity contribution >= 4 is 54.1 Å². The molecule has 50 heavy (non-hydrogen) atoms. The van der Waals surface area contributed by atoms with Gasteiger partial charge in [0.05, 0.1) is 22.4 Å². The van der Waals surface area contributed by atoms with Gasteiger partial charge in [-0.05, 0) is 72.8 Å². The predicted octanol–water partition coefficient (Wildman–Crippen LogP) is 12.9. The maximum atomic E-state index is 5.32. The number of pyridine rings is 2. The average molecular weight is 635 g/mol. The molecule has 2 heteroatoms. The van der Waals surface area contributed by atoms with Crippen molar-refractivity contribution in [3.63, 3.8) is 0 Å². The topological polar surface area (TPSA) is 25.8 Å². The van der Waals surface area contributed by atoms with E-state index >= 15 is 0 Å². The van der Waals surface area contributed by atoms with E-state index in [2.05, 4.69) is 176 Å². The maximum Gasteiger partial charge on any atom is 0.0972 e. The van der Waals surface area contributed by atoms with Crippen molar-refractivity contribution in [2.24, 2.45) is 0 Å². The van der Waals surface area contributed by atoms with Crippen LogP contribution in [0.1, 0.15) is 0 Å². The highest BCUT2D eigenvalue weighted by Gasteiger charge is 2.16. The Hall–Kier alpha value is -6.64. The minimum atomic E-state index is 0.918. The van der Waals surface area contributed by atoms with Gasteiger partial charge in [0, 0.05) is 21.9 Å². The van der Waals surface area contributed by atoms with Crippen molar-refractivity contribution in [1.29, 1.82) is 0 Å². The second-order valence-corrected chi connectivity index (χ2v) is 12.9. The second kappa shape index (κ2) is 11.5. The van der Waals surface area contributed by atoms with Crippen LogP contribution in [0.5, 0.6) is 0 Å². The van der Waals surface area contributed by atoms with Crippen LogP contribution in [-0.4, -0.2) is 9.97 Å². The summed E-state index contributed by atoms with van der Waals surface area (Å²) in [6.07, 6.45) is 0. The largest absolute Gasteiger partial charge is 0.245 e. The molecule has 0 aliphatic carbocycles. The lowest BCUT2D eigenvalue weighted by molar-refractivity contribution is 1.37. The molecule has 232 valence electrons.